The van der Waals surface area contributed by atoms with Gasteiger partial charge in [0, 0.05) is 11.4 Å². The lowest BCUT2D eigenvalue weighted by molar-refractivity contribution is -0.144. The molecule has 0 fully saturated rings. The van der Waals surface area contributed by atoms with Crippen LogP contribution in [0.4, 0.5) is 11.4 Å². The van der Waals surface area contributed by atoms with E-state index in [9.17, 15) is 9.59 Å². The third-order valence-corrected chi connectivity index (χ3v) is 5.36. The number of nitrogens with two attached hydrogens (primary N) is 1. The molecule has 0 bridgehead atoms. The van der Waals surface area contributed by atoms with E-state index in [-0.39, 0.29) is 21.6 Å². The highest BCUT2D eigenvalue weighted by molar-refractivity contribution is 6.40. The van der Waals surface area contributed by atoms with Crippen molar-refractivity contribution in [2.24, 2.45) is 0 Å². The van der Waals surface area contributed by atoms with Gasteiger partial charge in [-0.25, -0.2) is 0 Å². The average Bonchev–Trinajstić information content (AvgIpc) is 2.73. The minimum atomic E-state index is -0.481. The number of ether oxygens (including phenoxy) is 1. The van der Waals surface area contributed by atoms with E-state index in [1.165, 1.54) is 0 Å². The molecule has 0 saturated carbocycles. The molecule has 3 aromatic rings. The Morgan fingerprint density at radius 1 is 1.00 bits per heavy atom. The first kappa shape index (κ1) is 22.7. The van der Waals surface area contributed by atoms with Gasteiger partial charge in [-0.15, -0.1) is 0 Å². The molecule has 5 nitrogen and oxygen atoms in total. The summed E-state index contributed by atoms with van der Waals surface area (Å²) in [5.74, 6) is -1.18. The van der Waals surface area contributed by atoms with E-state index in [0.29, 0.717) is 24.4 Å². The molecule has 3 aromatic carbocycles. The fourth-order valence-corrected chi connectivity index (χ4v) is 3.79. The lowest BCUT2D eigenvalue weighted by Gasteiger charge is -2.17. The Hall–Kier alpha value is -3.02. The molecule has 0 aliphatic rings. The van der Waals surface area contributed by atoms with Gasteiger partial charge in [-0.05, 0) is 60.9 Å². The maximum atomic E-state index is 12.5. The number of amides is 1. The van der Waals surface area contributed by atoms with Crippen molar-refractivity contribution in [1.82, 2.24) is 0 Å². The van der Waals surface area contributed by atoms with E-state index in [2.05, 4.69) is 5.32 Å². The van der Waals surface area contributed by atoms with Gasteiger partial charge >= 0.3 is 5.97 Å². The molecule has 7 heteroatoms. The highest BCUT2D eigenvalue weighted by Gasteiger charge is 2.23. The molecular formula is C24H22Cl2N2O3. The first-order valence-corrected chi connectivity index (χ1v) is 10.5. The quantitative estimate of drug-likeness (QED) is 0.351. The third kappa shape index (κ3) is 5.78. The zero-order valence-electron chi connectivity index (χ0n) is 16.9. The van der Waals surface area contributed by atoms with E-state index in [4.69, 9.17) is 33.7 Å². The number of benzene rings is 3. The van der Waals surface area contributed by atoms with Gasteiger partial charge in [0.05, 0.1) is 28.1 Å². The Morgan fingerprint density at radius 2 is 1.65 bits per heavy atom. The molecule has 0 aliphatic heterocycles. The number of nitrogens with one attached hydrogen (secondary N) is 1. The van der Waals surface area contributed by atoms with E-state index >= 15 is 0 Å². The van der Waals surface area contributed by atoms with Crippen molar-refractivity contribution >= 4 is 46.5 Å². The molecule has 31 heavy (non-hydrogen) atoms. The third-order valence-electron chi connectivity index (χ3n) is 4.73. The monoisotopic (exact) mass is 456 g/mol. The fourth-order valence-electron chi connectivity index (χ4n) is 3.22. The number of nitrogen functional groups attached to an aromatic ring is 1. The Morgan fingerprint density at radius 3 is 2.26 bits per heavy atom. The van der Waals surface area contributed by atoms with Crippen LogP contribution in [-0.2, 0) is 16.0 Å². The van der Waals surface area contributed by atoms with Gasteiger partial charge in [0.2, 0.25) is 0 Å². The molecule has 1 unspecified atom stereocenters. The van der Waals surface area contributed by atoms with E-state index in [0.717, 1.165) is 11.1 Å². The van der Waals surface area contributed by atoms with Gasteiger partial charge < -0.3 is 15.8 Å². The maximum Gasteiger partial charge on any atom is 0.313 e. The van der Waals surface area contributed by atoms with Gasteiger partial charge in [-0.1, -0.05) is 53.5 Å². The minimum Gasteiger partial charge on any atom is -0.466 e. The van der Waals surface area contributed by atoms with Crippen LogP contribution < -0.4 is 11.1 Å². The summed E-state index contributed by atoms with van der Waals surface area (Å²) >= 11 is 12.2. The molecule has 0 saturated heterocycles. The van der Waals surface area contributed by atoms with Crippen molar-refractivity contribution in [2.45, 2.75) is 19.3 Å². The van der Waals surface area contributed by atoms with Crippen LogP contribution in [0, 0.1) is 0 Å². The summed E-state index contributed by atoms with van der Waals surface area (Å²) in [6.45, 7) is 2.07. The van der Waals surface area contributed by atoms with Crippen LogP contribution in [0.15, 0.2) is 66.7 Å². The second kappa shape index (κ2) is 10.3. The summed E-state index contributed by atoms with van der Waals surface area (Å²) in [7, 11) is 0. The van der Waals surface area contributed by atoms with Gasteiger partial charge in [-0.3, -0.25) is 9.59 Å². The summed E-state index contributed by atoms with van der Waals surface area (Å²) in [4.78, 5) is 25.1. The number of esters is 1. The lowest BCUT2D eigenvalue weighted by Crippen LogP contribution is -2.18. The number of halogens is 2. The van der Waals surface area contributed by atoms with Crippen molar-refractivity contribution in [1.29, 1.82) is 0 Å². The SMILES string of the molecule is CCOC(=O)C(Cc1ccc(NC(=O)c2c(Cl)cccc2Cl)cc1)c1cccc(N)c1. The second-order valence-corrected chi connectivity index (χ2v) is 7.74. The fraction of sp³-hybridized carbons (Fsp3) is 0.167. The number of carbonyl (C=O) groups excluding carboxylic acids is 2. The van der Waals surface area contributed by atoms with Gasteiger partial charge in [0.1, 0.15) is 0 Å². The van der Waals surface area contributed by atoms with Crippen LogP contribution in [0.3, 0.4) is 0 Å². The van der Waals surface area contributed by atoms with Gasteiger partial charge in [-0.2, -0.15) is 0 Å². The Bertz CT molecular complexity index is 1060. The standard InChI is InChI=1S/C24H22Cl2N2O3/c1-2-31-24(30)19(16-5-3-6-17(27)14-16)13-15-9-11-18(12-10-15)28-23(29)22-20(25)7-4-8-21(22)26/h3-12,14,19H,2,13,27H2,1H3,(H,28,29). The topological polar surface area (TPSA) is 81.4 Å². The van der Waals surface area contributed by atoms with Crippen LogP contribution >= 0.6 is 23.2 Å². The minimum absolute atomic E-state index is 0.221. The normalized spacial score (nSPS) is 11.6. The average molecular weight is 457 g/mol. The highest BCUT2D eigenvalue weighted by atomic mass is 35.5. The number of anilines is 2. The van der Waals surface area contributed by atoms with Crippen LogP contribution in [0.25, 0.3) is 0 Å². The molecule has 0 aliphatic carbocycles. The molecule has 3 rings (SSSR count). The van der Waals surface area contributed by atoms with Crippen LogP contribution in [0.1, 0.15) is 34.3 Å². The van der Waals surface area contributed by atoms with Crippen molar-refractivity contribution < 1.29 is 14.3 Å². The number of hydrogen-bond acceptors (Lipinski definition) is 4. The number of rotatable bonds is 7. The Kier molecular flexibility index (Phi) is 7.55. The summed E-state index contributed by atoms with van der Waals surface area (Å²) in [6.07, 6.45) is 0.437. The van der Waals surface area contributed by atoms with Crippen LogP contribution in [0.2, 0.25) is 10.0 Å². The molecule has 0 heterocycles. The summed E-state index contributed by atoms with van der Waals surface area (Å²) in [5.41, 5.74) is 8.99. The summed E-state index contributed by atoms with van der Waals surface area (Å²) in [6, 6.07) is 19.3. The Balaban J connectivity index is 1.76. The van der Waals surface area contributed by atoms with E-state index in [1.807, 2.05) is 24.3 Å². The molecule has 0 spiro atoms. The van der Waals surface area contributed by atoms with Crippen molar-refractivity contribution in [3.05, 3.63) is 93.5 Å². The predicted molar refractivity (Wildman–Crippen MR) is 125 cm³/mol. The van der Waals surface area contributed by atoms with Gasteiger partial charge in [0.15, 0.2) is 0 Å². The number of hydrogen-bond donors (Lipinski definition) is 2. The zero-order chi connectivity index (χ0) is 22.4. The second-order valence-electron chi connectivity index (χ2n) is 6.93. The Labute approximate surface area is 191 Å². The summed E-state index contributed by atoms with van der Waals surface area (Å²) in [5, 5.41) is 3.34. The van der Waals surface area contributed by atoms with Crippen LogP contribution in [-0.4, -0.2) is 18.5 Å². The zero-order valence-corrected chi connectivity index (χ0v) is 18.4. The molecule has 0 radical (unpaired) electrons. The summed E-state index contributed by atoms with van der Waals surface area (Å²) < 4.78 is 5.26. The highest BCUT2D eigenvalue weighted by Crippen LogP contribution is 2.27. The van der Waals surface area contributed by atoms with Gasteiger partial charge in [0.25, 0.3) is 5.91 Å². The maximum absolute atomic E-state index is 12.5. The van der Waals surface area contributed by atoms with E-state index < -0.39 is 11.8 Å². The van der Waals surface area contributed by atoms with Crippen LogP contribution in [0.5, 0.6) is 0 Å². The first-order valence-electron chi connectivity index (χ1n) is 9.75. The lowest BCUT2D eigenvalue weighted by atomic mass is 9.91. The molecular weight excluding hydrogens is 435 g/mol. The molecule has 3 N–H and O–H groups in total. The van der Waals surface area contributed by atoms with Crippen molar-refractivity contribution in [2.75, 3.05) is 17.7 Å². The molecule has 160 valence electrons. The van der Waals surface area contributed by atoms with E-state index in [1.54, 1.807) is 49.4 Å². The molecule has 1 atom stereocenters. The predicted octanol–water partition coefficient (Wildman–Crippen LogP) is 5.72. The molecule has 1 amide bonds. The molecule has 0 aromatic heterocycles. The first-order chi connectivity index (χ1) is 14.9. The largest absolute Gasteiger partial charge is 0.466 e. The van der Waals surface area contributed by atoms with Crippen molar-refractivity contribution in [3.63, 3.8) is 0 Å². The number of carbonyl (C=O) groups is 2. The smallest absolute Gasteiger partial charge is 0.313 e. The van der Waals surface area contributed by atoms with Crippen molar-refractivity contribution in [3.8, 4) is 0 Å².